The Hall–Kier alpha value is -2.74. The summed E-state index contributed by atoms with van der Waals surface area (Å²) in [5.74, 6) is 3.24. The Labute approximate surface area is 241 Å². The van der Waals surface area contributed by atoms with Crippen molar-refractivity contribution in [3.05, 3.63) is 89.8 Å². The van der Waals surface area contributed by atoms with Gasteiger partial charge in [0.05, 0.1) is 5.69 Å². The van der Waals surface area contributed by atoms with Crippen LogP contribution in [0.15, 0.2) is 79.0 Å². The number of hydrogen-bond acceptors (Lipinski definition) is 5. The van der Waals surface area contributed by atoms with E-state index >= 15 is 0 Å². The second-order valence-electron chi connectivity index (χ2n) is 8.61. The van der Waals surface area contributed by atoms with Crippen molar-refractivity contribution in [1.29, 1.82) is 0 Å². The third kappa shape index (κ3) is 8.65. The number of aliphatic hydroxyl groups is 1. The molecule has 3 aromatic carbocycles. The largest absolute Gasteiger partial charge is 0.491 e. The van der Waals surface area contributed by atoms with E-state index in [9.17, 15) is 5.11 Å². The van der Waals surface area contributed by atoms with Crippen molar-refractivity contribution < 1.29 is 14.6 Å². The Morgan fingerprint density at radius 1 is 0.921 bits per heavy atom. The van der Waals surface area contributed by atoms with Crippen LogP contribution in [0.3, 0.4) is 0 Å². The van der Waals surface area contributed by atoms with Crippen molar-refractivity contribution in [2.45, 2.75) is 32.3 Å². The molecule has 0 aliphatic heterocycles. The smallest absolute Gasteiger partial charge is 0.127 e. The zero-order valence-corrected chi connectivity index (χ0v) is 23.9. The second-order valence-corrected chi connectivity index (χ2v) is 9.05. The van der Waals surface area contributed by atoms with Crippen molar-refractivity contribution in [3.8, 4) is 34.2 Å². The lowest BCUT2D eigenvalue weighted by Gasteiger charge is -2.11. The lowest BCUT2D eigenvalue weighted by Crippen LogP contribution is -2.29. The number of halogens is 3. The molecule has 1 aromatic heterocycles. The van der Waals surface area contributed by atoms with E-state index in [0.29, 0.717) is 11.6 Å². The van der Waals surface area contributed by atoms with E-state index in [2.05, 4.69) is 23.0 Å². The Bertz CT molecular complexity index is 1230. The molecular formula is C29H34Cl3N3O3. The van der Waals surface area contributed by atoms with E-state index in [-0.39, 0.29) is 31.4 Å². The average molecular weight is 579 g/mol. The van der Waals surface area contributed by atoms with Gasteiger partial charge in [-0.15, -0.1) is 24.8 Å². The van der Waals surface area contributed by atoms with Crippen LogP contribution in [0.2, 0.25) is 5.02 Å². The minimum Gasteiger partial charge on any atom is -0.491 e. The number of nitrogens with zero attached hydrogens (tertiary/aromatic N) is 2. The summed E-state index contributed by atoms with van der Waals surface area (Å²) in [6.45, 7) is 2.92. The molecule has 1 atom stereocenters. The summed E-state index contributed by atoms with van der Waals surface area (Å²) in [7, 11) is 1.80. The first kappa shape index (κ1) is 31.5. The van der Waals surface area contributed by atoms with Gasteiger partial charge in [-0.1, -0.05) is 24.9 Å². The maximum absolute atomic E-state index is 9.84. The number of aryl methyl sites for hydroxylation is 1. The van der Waals surface area contributed by atoms with Crippen LogP contribution in [0.5, 0.6) is 17.2 Å². The van der Waals surface area contributed by atoms with Crippen molar-refractivity contribution in [2.75, 3.05) is 20.2 Å². The molecule has 0 radical (unpaired) electrons. The van der Waals surface area contributed by atoms with Gasteiger partial charge in [0.15, 0.2) is 0 Å². The molecule has 1 heterocycles. The molecule has 0 spiro atoms. The van der Waals surface area contributed by atoms with Gasteiger partial charge in [0.2, 0.25) is 0 Å². The van der Waals surface area contributed by atoms with Crippen LogP contribution in [0.25, 0.3) is 16.9 Å². The summed E-state index contributed by atoms with van der Waals surface area (Å²) in [6, 6.07) is 23.1. The van der Waals surface area contributed by atoms with Gasteiger partial charge >= 0.3 is 0 Å². The summed E-state index contributed by atoms with van der Waals surface area (Å²) in [6.07, 6.45) is 4.59. The second kappa shape index (κ2) is 15.6. The topological polar surface area (TPSA) is 68.5 Å². The van der Waals surface area contributed by atoms with Crippen LogP contribution in [0.1, 0.15) is 25.6 Å². The highest BCUT2D eigenvalue weighted by atomic mass is 35.5. The third-order valence-electron chi connectivity index (χ3n) is 5.73. The standard InChI is InChI=1S/C29H32ClN3O3.2ClH/c1-3-4-5-29-32-28(21-6-12-25(13-7-21)35-20-24(34)18-31-2)19-33(29)23-10-16-27(17-11-23)36-26-14-8-22(30)9-15-26;;/h6-17,19,24,31,34H,3-5,18,20H2,1-2H3;2*1H/t24-;;/m0../s1. The number of rotatable bonds is 12. The summed E-state index contributed by atoms with van der Waals surface area (Å²) in [4.78, 5) is 4.95. The molecule has 0 saturated carbocycles. The van der Waals surface area contributed by atoms with Crippen molar-refractivity contribution in [1.82, 2.24) is 14.9 Å². The fourth-order valence-corrected chi connectivity index (χ4v) is 3.94. The number of likely N-dealkylation sites (N-methyl/N-ethyl adjacent to an activating group) is 1. The molecule has 4 aromatic rings. The lowest BCUT2D eigenvalue weighted by atomic mass is 10.1. The number of imidazole rings is 1. The molecule has 6 nitrogen and oxygen atoms in total. The van der Waals surface area contributed by atoms with Gasteiger partial charge < -0.3 is 24.5 Å². The molecule has 4 rings (SSSR count). The molecule has 0 unspecified atom stereocenters. The first-order valence-electron chi connectivity index (χ1n) is 12.2. The Kier molecular flexibility index (Phi) is 12.9. The molecule has 0 bridgehead atoms. The molecule has 2 N–H and O–H groups in total. The zero-order chi connectivity index (χ0) is 25.3. The molecule has 0 saturated heterocycles. The Balaban J connectivity index is 0.00000253. The minimum absolute atomic E-state index is 0. The minimum atomic E-state index is -0.547. The summed E-state index contributed by atoms with van der Waals surface area (Å²) in [5, 5.41) is 13.5. The van der Waals surface area contributed by atoms with Crippen LogP contribution in [-0.4, -0.2) is 41.0 Å². The van der Waals surface area contributed by atoms with E-state index < -0.39 is 6.10 Å². The highest BCUT2D eigenvalue weighted by Crippen LogP contribution is 2.27. The third-order valence-corrected chi connectivity index (χ3v) is 5.98. The molecular weight excluding hydrogens is 545 g/mol. The summed E-state index contributed by atoms with van der Waals surface area (Å²) >= 11 is 5.96. The molecule has 9 heteroatoms. The Morgan fingerprint density at radius 2 is 1.53 bits per heavy atom. The van der Waals surface area contributed by atoms with E-state index in [4.69, 9.17) is 26.1 Å². The van der Waals surface area contributed by atoms with Gasteiger partial charge in [0.1, 0.15) is 35.8 Å². The zero-order valence-electron chi connectivity index (χ0n) is 21.5. The maximum Gasteiger partial charge on any atom is 0.127 e. The first-order valence-corrected chi connectivity index (χ1v) is 12.6. The summed E-state index contributed by atoms with van der Waals surface area (Å²) in [5.41, 5.74) is 2.95. The summed E-state index contributed by atoms with van der Waals surface area (Å²) < 4.78 is 13.8. The number of unbranched alkanes of at least 4 members (excludes halogenated alkanes) is 1. The monoisotopic (exact) mass is 577 g/mol. The molecule has 0 aliphatic carbocycles. The van der Waals surface area contributed by atoms with Crippen LogP contribution in [0, 0.1) is 0 Å². The molecule has 0 amide bonds. The van der Waals surface area contributed by atoms with Crippen molar-refractivity contribution in [3.63, 3.8) is 0 Å². The molecule has 0 aliphatic rings. The van der Waals surface area contributed by atoms with Gasteiger partial charge in [-0.2, -0.15) is 0 Å². The highest BCUT2D eigenvalue weighted by Gasteiger charge is 2.12. The predicted octanol–water partition coefficient (Wildman–Crippen LogP) is 7.13. The number of aromatic nitrogens is 2. The van der Waals surface area contributed by atoms with E-state index in [1.54, 1.807) is 7.05 Å². The molecule has 204 valence electrons. The number of aliphatic hydroxyl groups excluding tert-OH is 1. The number of ether oxygens (including phenoxy) is 2. The fourth-order valence-electron chi connectivity index (χ4n) is 3.81. The van der Waals surface area contributed by atoms with E-state index in [1.807, 2.05) is 72.8 Å². The van der Waals surface area contributed by atoms with E-state index in [0.717, 1.165) is 59.3 Å². The Morgan fingerprint density at radius 3 is 2.13 bits per heavy atom. The van der Waals surface area contributed by atoms with Crippen molar-refractivity contribution >= 4 is 36.4 Å². The number of nitrogens with one attached hydrogen (secondary N) is 1. The first-order chi connectivity index (χ1) is 17.6. The predicted molar refractivity (Wildman–Crippen MR) is 159 cm³/mol. The van der Waals surface area contributed by atoms with Crippen LogP contribution < -0.4 is 14.8 Å². The quantitative estimate of drug-likeness (QED) is 0.187. The molecule has 38 heavy (non-hydrogen) atoms. The number of hydrogen-bond donors (Lipinski definition) is 2. The van der Waals surface area contributed by atoms with E-state index in [1.165, 1.54) is 0 Å². The lowest BCUT2D eigenvalue weighted by molar-refractivity contribution is 0.108. The van der Waals surface area contributed by atoms with Gasteiger partial charge in [0.25, 0.3) is 0 Å². The van der Waals surface area contributed by atoms with Crippen LogP contribution in [-0.2, 0) is 6.42 Å². The van der Waals surface area contributed by atoms with Gasteiger partial charge in [-0.3, -0.25) is 0 Å². The SMILES string of the molecule is CCCCc1nc(-c2ccc(OC[C@@H](O)CNC)cc2)cn1-c1ccc(Oc2ccc(Cl)cc2)cc1.Cl.Cl. The van der Waals surface area contributed by atoms with Crippen LogP contribution in [0.4, 0.5) is 0 Å². The highest BCUT2D eigenvalue weighted by molar-refractivity contribution is 6.30. The fraction of sp³-hybridized carbons (Fsp3) is 0.276. The van der Waals surface area contributed by atoms with Crippen molar-refractivity contribution in [2.24, 2.45) is 0 Å². The number of benzene rings is 3. The van der Waals surface area contributed by atoms with Gasteiger partial charge in [-0.05, 0) is 86.3 Å². The molecule has 0 fully saturated rings. The average Bonchev–Trinajstić information content (AvgIpc) is 3.33. The van der Waals surface area contributed by atoms with Gasteiger partial charge in [-0.25, -0.2) is 4.98 Å². The van der Waals surface area contributed by atoms with Crippen LogP contribution >= 0.6 is 36.4 Å². The van der Waals surface area contributed by atoms with Gasteiger partial charge in [0, 0.05) is 35.4 Å². The normalized spacial score (nSPS) is 11.3. The maximum atomic E-state index is 9.84.